The molecular formula is C21H17N3O6S2. The van der Waals surface area contributed by atoms with Gasteiger partial charge in [-0.1, -0.05) is 17.4 Å². The number of fused-ring (bicyclic) bond motifs is 1. The Hall–Kier alpha value is -3.57. The lowest BCUT2D eigenvalue weighted by atomic mass is 10.0. The van der Waals surface area contributed by atoms with Crippen molar-refractivity contribution in [3.63, 3.8) is 0 Å². The van der Waals surface area contributed by atoms with Crippen molar-refractivity contribution in [3.8, 4) is 5.75 Å². The molecule has 1 atom stereocenters. The van der Waals surface area contributed by atoms with E-state index in [1.165, 1.54) is 40.2 Å². The fourth-order valence-electron chi connectivity index (χ4n) is 3.42. The Balaban J connectivity index is 1.95. The summed E-state index contributed by atoms with van der Waals surface area (Å²) in [5, 5.41) is 23.1. The van der Waals surface area contributed by atoms with Crippen LogP contribution in [0.3, 0.4) is 0 Å². The van der Waals surface area contributed by atoms with Gasteiger partial charge in [-0.2, -0.15) is 0 Å². The maximum absolute atomic E-state index is 13.4. The van der Waals surface area contributed by atoms with E-state index in [1.807, 2.05) is 17.5 Å². The first kappa shape index (κ1) is 21.7. The van der Waals surface area contributed by atoms with Crippen molar-refractivity contribution in [2.75, 3.05) is 6.61 Å². The van der Waals surface area contributed by atoms with E-state index in [1.54, 1.807) is 13.8 Å². The molecule has 11 heteroatoms. The fraction of sp³-hybridized carbons (Fsp3) is 0.190. The Labute approximate surface area is 189 Å². The van der Waals surface area contributed by atoms with Crippen molar-refractivity contribution in [2.45, 2.75) is 19.9 Å². The van der Waals surface area contributed by atoms with E-state index < -0.39 is 22.5 Å². The van der Waals surface area contributed by atoms with Crippen molar-refractivity contribution in [3.05, 3.63) is 87.2 Å². The number of benzene rings is 1. The molecule has 3 aromatic rings. The lowest BCUT2D eigenvalue weighted by Gasteiger charge is -2.23. The zero-order valence-corrected chi connectivity index (χ0v) is 18.6. The number of allylic oxidation sites excluding steroid dienone is 1. The predicted octanol–water partition coefficient (Wildman–Crippen LogP) is 2.47. The van der Waals surface area contributed by atoms with Crippen LogP contribution in [-0.2, 0) is 9.53 Å². The van der Waals surface area contributed by atoms with E-state index in [0.29, 0.717) is 10.5 Å². The molecule has 0 saturated carbocycles. The van der Waals surface area contributed by atoms with Crippen molar-refractivity contribution in [2.24, 2.45) is 4.99 Å². The average molecular weight is 472 g/mol. The van der Waals surface area contributed by atoms with Crippen LogP contribution in [0.5, 0.6) is 5.75 Å². The number of hydrogen-bond acceptors (Lipinski definition) is 9. The lowest BCUT2D eigenvalue weighted by molar-refractivity contribution is -0.384. The first-order valence-electron chi connectivity index (χ1n) is 9.52. The van der Waals surface area contributed by atoms with Gasteiger partial charge >= 0.3 is 5.97 Å². The number of nitrogens with zero attached hydrogens (tertiary/aromatic N) is 3. The molecule has 0 bridgehead atoms. The summed E-state index contributed by atoms with van der Waals surface area (Å²) in [6.45, 7) is 3.58. The fourth-order valence-corrected chi connectivity index (χ4v) is 5.28. The van der Waals surface area contributed by atoms with E-state index in [-0.39, 0.29) is 33.7 Å². The van der Waals surface area contributed by atoms with E-state index >= 15 is 0 Å². The number of hydrogen-bond donors (Lipinski definition) is 1. The third-order valence-corrected chi connectivity index (χ3v) is 6.75. The number of carbonyl (C=O) groups is 1. The molecule has 0 spiro atoms. The molecule has 2 aromatic heterocycles. The number of aromatic hydroxyl groups is 1. The Bertz CT molecular complexity index is 1430. The molecular weight excluding hydrogens is 454 g/mol. The van der Waals surface area contributed by atoms with Gasteiger partial charge in [0.1, 0.15) is 11.8 Å². The summed E-state index contributed by atoms with van der Waals surface area (Å²) < 4.78 is 6.87. The predicted molar refractivity (Wildman–Crippen MR) is 119 cm³/mol. The zero-order chi connectivity index (χ0) is 23.0. The zero-order valence-electron chi connectivity index (χ0n) is 17.0. The Morgan fingerprint density at radius 1 is 1.41 bits per heavy atom. The Kier molecular flexibility index (Phi) is 5.76. The third kappa shape index (κ3) is 3.76. The van der Waals surface area contributed by atoms with Crippen LogP contribution in [0.25, 0.3) is 6.08 Å². The maximum Gasteiger partial charge on any atom is 0.338 e. The van der Waals surface area contributed by atoms with E-state index in [2.05, 4.69) is 4.99 Å². The summed E-state index contributed by atoms with van der Waals surface area (Å²) in [5.41, 5.74) is 0.240. The number of thiazole rings is 1. The van der Waals surface area contributed by atoms with Gasteiger partial charge in [0, 0.05) is 22.6 Å². The summed E-state index contributed by atoms with van der Waals surface area (Å²) in [5.74, 6) is -0.739. The van der Waals surface area contributed by atoms with Crippen LogP contribution >= 0.6 is 22.7 Å². The first-order chi connectivity index (χ1) is 15.3. The van der Waals surface area contributed by atoms with Gasteiger partial charge in [0.15, 0.2) is 4.80 Å². The molecule has 0 fully saturated rings. The van der Waals surface area contributed by atoms with Crippen LogP contribution in [0.1, 0.15) is 30.3 Å². The normalized spacial score (nSPS) is 15.9. The van der Waals surface area contributed by atoms with Crippen molar-refractivity contribution in [1.29, 1.82) is 0 Å². The average Bonchev–Trinajstić information content (AvgIpc) is 3.37. The standard InChI is InChI=1S/C21H17N3O6S2/c1-3-30-20(27)17-11(2)22-21-23(18(17)15-5-4-8-31-15)19(26)16(32-21)10-12-9-13(24(28)29)6-7-14(12)25/h4-10,18,25H,3H2,1-2H3. The van der Waals surface area contributed by atoms with Gasteiger partial charge in [-0.15, -0.1) is 11.3 Å². The van der Waals surface area contributed by atoms with Crippen LogP contribution in [0.15, 0.2) is 56.8 Å². The molecule has 0 amide bonds. The second kappa shape index (κ2) is 8.52. The number of phenolic OH excluding ortho intramolecular Hbond substituents is 1. The number of phenols is 1. The smallest absolute Gasteiger partial charge is 0.338 e. The van der Waals surface area contributed by atoms with Crippen LogP contribution < -0.4 is 14.9 Å². The van der Waals surface area contributed by atoms with Gasteiger partial charge in [-0.25, -0.2) is 9.79 Å². The molecule has 1 aliphatic heterocycles. The maximum atomic E-state index is 13.4. The van der Waals surface area contributed by atoms with E-state index in [0.717, 1.165) is 16.2 Å². The third-order valence-electron chi connectivity index (χ3n) is 4.84. The molecule has 1 unspecified atom stereocenters. The molecule has 1 aromatic carbocycles. The van der Waals surface area contributed by atoms with Crippen LogP contribution in [0.4, 0.5) is 5.69 Å². The second-order valence-corrected chi connectivity index (χ2v) is 8.81. The van der Waals surface area contributed by atoms with Gasteiger partial charge in [0.2, 0.25) is 0 Å². The minimum Gasteiger partial charge on any atom is -0.507 e. The van der Waals surface area contributed by atoms with Crippen molar-refractivity contribution < 1.29 is 19.6 Å². The first-order valence-corrected chi connectivity index (χ1v) is 11.2. The molecule has 32 heavy (non-hydrogen) atoms. The molecule has 0 aliphatic carbocycles. The number of thiophene rings is 1. The van der Waals surface area contributed by atoms with Gasteiger partial charge in [0.25, 0.3) is 11.2 Å². The Morgan fingerprint density at radius 3 is 2.84 bits per heavy atom. The topological polar surface area (TPSA) is 124 Å². The van der Waals surface area contributed by atoms with E-state index in [4.69, 9.17) is 4.74 Å². The monoisotopic (exact) mass is 471 g/mol. The number of aromatic nitrogens is 1. The number of nitro benzene ring substituents is 1. The highest BCUT2D eigenvalue weighted by molar-refractivity contribution is 7.10. The number of carbonyl (C=O) groups excluding carboxylic acids is 1. The molecule has 1 aliphatic rings. The summed E-state index contributed by atoms with van der Waals surface area (Å²) in [6, 6.07) is 6.54. The SMILES string of the molecule is CCOC(=O)C1=C(C)N=c2sc(=Cc3cc([N+](=O)[O-])ccc3O)c(=O)n2C1c1cccs1. The number of esters is 1. The highest BCUT2D eigenvalue weighted by Gasteiger charge is 2.33. The molecule has 4 rings (SSSR count). The molecule has 1 N–H and O–H groups in total. The minimum absolute atomic E-state index is 0.137. The van der Waals surface area contributed by atoms with Gasteiger partial charge in [-0.3, -0.25) is 19.5 Å². The van der Waals surface area contributed by atoms with Gasteiger partial charge in [-0.05, 0) is 37.4 Å². The van der Waals surface area contributed by atoms with Crippen molar-refractivity contribution >= 4 is 40.4 Å². The number of nitro groups is 1. The molecule has 164 valence electrons. The molecule has 0 saturated heterocycles. The van der Waals surface area contributed by atoms with E-state index in [9.17, 15) is 24.8 Å². The van der Waals surface area contributed by atoms with Gasteiger partial charge in [0.05, 0.1) is 27.3 Å². The number of ether oxygens (including phenoxy) is 1. The molecule has 0 radical (unpaired) electrons. The summed E-state index contributed by atoms with van der Waals surface area (Å²) >= 11 is 2.48. The Morgan fingerprint density at radius 2 is 2.19 bits per heavy atom. The second-order valence-electron chi connectivity index (χ2n) is 6.82. The van der Waals surface area contributed by atoms with Crippen molar-refractivity contribution in [1.82, 2.24) is 4.57 Å². The van der Waals surface area contributed by atoms with Crippen LogP contribution in [-0.4, -0.2) is 27.2 Å². The van der Waals surface area contributed by atoms with Crippen LogP contribution in [0.2, 0.25) is 0 Å². The molecule has 9 nitrogen and oxygen atoms in total. The highest BCUT2D eigenvalue weighted by atomic mass is 32.1. The highest BCUT2D eigenvalue weighted by Crippen LogP contribution is 2.33. The minimum atomic E-state index is -0.703. The lowest BCUT2D eigenvalue weighted by Crippen LogP contribution is -2.39. The largest absolute Gasteiger partial charge is 0.507 e. The summed E-state index contributed by atoms with van der Waals surface area (Å²) in [4.78, 5) is 42.2. The number of rotatable bonds is 5. The van der Waals surface area contributed by atoms with Gasteiger partial charge < -0.3 is 9.84 Å². The number of non-ortho nitro benzene ring substituents is 1. The quantitative estimate of drug-likeness (QED) is 0.346. The summed E-state index contributed by atoms with van der Waals surface area (Å²) in [6.07, 6.45) is 1.39. The van der Waals surface area contributed by atoms with Crippen LogP contribution in [0, 0.1) is 10.1 Å². The summed E-state index contributed by atoms with van der Waals surface area (Å²) in [7, 11) is 0. The molecule has 3 heterocycles.